The van der Waals surface area contributed by atoms with E-state index >= 15 is 0 Å². The van der Waals surface area contributed by atoms with Crippen molar-refractivity contribution in [1.82, 2.24) is 0 Å². The lowest BCUT2D eigenvalue weighted by atomic mass is 9.92. The fourth-order valence-corrected chi connectivity index (χ4v) is 3.40. The molecule has 0 saturated heterocycles. The summed E-state index contributed by atoms with van der Waals surface area (Å²) in [4.78, 5) is 16.9. The third-order valence-corrected chi connectivity index (χ3v) is 4.59. The van der Waals surface area contributed by atoms with Crippen LogP contribution in [0, 0.1) is 5.92 Å². The molecule has 2 aliphatic rings. The number of ether oxygens (including phenoxy) is 4. The van der Waals surface area contributed by atoms with E-state index in [2.05, 4.69) is 21.1 Å². The van der Waals surface area contributed by atoms with Crippen LogP contribution in [-0.4, -0.2) is 32.6 Å². The number of carbonyl (C=O) groups is 1. The Hall–Kier alpha value is -2.16. The average molecular weight is 387 g/mol. The third-order valence-electron chi connectivity index (χ3n) is 3.80. The van der Waals surface area contributed by atoms with Crippen molar-refractivity contribution >= 4 is 27.5 Å². The number of halogens is 1. The first-order chi connectivity index (χ1) is 11.0. The topological polar surface area (TPSA) is 102 Å². The zero-order valence-electron chi connectivity index (χ0n) is 12.7. The molecule has 23 heavy (non-hydrogen) atoms. The van der Waals surface area contributed by atoms with Gasteiger partial charge in [0.25, 0.3) is 5.91 Å². The van der Waals surface area contributed by atoms with Crippen LogP contribution >= 0.6 is 15.9 Å². The molecule has 1 aromatic carbocycles. The average Bonchev–Trinajstić information content (AvgIpc) is 3.14. The lowest BCUT2D eigenvalue weighted by Crippen LogP contribution is -2.28. The van der Waals surface area contributed by atoms with Crippen LogP contribution < -0.4 is 24.7 Å². The predicted octanol–water partition coefficient (Wildman–Crippen LogP) is 1.74. The summed E-state index contributed by atoms with van der Waals surface area (Å²) in [5, 5.41) is 3.79. The molecular formula is C14H15BrN2O6. The summed E-state index contributed by atoms with van der Waals surface area (Å²) in [5.41, 5.74) is 6.10. The molecule has 3 rings (SSSR count). The van der Waals surface area contributed by atoms with E-state index < -0.39 is 12.0 Å². The number of primary amides is 1. The van der Waals surface area contributed by atoms with Crippen LogP contribution in [0.5, 0.6) is 23.0 Å². The molecule has 1 aromatic rings. The lowest BCUT2D eigenvalue weighted by Gasteiger charge is -2.22. The zero-order valence-corrected chi connectivity index (χ0v) is 14.3. The molecule has 0 unspecified atom stereocenters. The fraction of sp³-hybridized carbons (Fsp3) is 0.429. The number of amides is 1. The smallest absolute Gasteiger partial charge is 0.266 e. The van der Waals surface area contributed by atoms with E-state index in [1.54, 1.807) is 6.92 Å². The maximum Gasteiger partial charge on any atom is 0.266 e. The Balaban J connectivity index is 2.15. The SMILES string of the molecule is COc1c2c(c(Br)c([C@@H]3ON=C(C(N)=O)[C@@H]3C)c1OC)OCO2. The quantitative estimate of drug-likeness (QED) is 0.845. The largest absolute Gasteiger partial charge is 0.492 e. The highest BCUT2D eigenvalue weighted by Gasteiger charge is 2.41. The van der Waals surface area contributed by atoms with Crippen molar-refractivity contribution in [2.45, 2.75) is 13.0 Å². The first-order valence-corrected chi connectivity index (χ1v) is 7.57. The highest BCUT2D eigenvalue weighted by atomic mass is 79.9. The number of methoxy groups -OCH3 is 2. The van der Waals surface area contributed by atoms with Gasteiger partial charge in [-0.2, -0.15) is 0 Å². The molecule has 0 saturated carbocycles. The monoisotopic (exact) mass is 386 g/mol. The Morgan fingerprint density at radius 1 is 1.26 bits per heavy atom. The van der Waals surface area contributed by atoms with Gasteiger partial charge in [0.1, 0.15) is 0 Å². The molecule has 0 aromatic heterocycles. The molecule has 0 radical (unpaired) electrons. The Kier molecular flexibility index (Phi) is 3.97. The summed E-state index contributed by atoms with van der Waals surface area (Å²) in [6, 6.07) is 0. The van der Waals surface area contributed by atoms with Crippen LogP contribution in [0.4, 0.5) is 0 Å². The molecule has 0 fully saturated rings. The number of carbonyl (C=O) groups excluding carboxylic acids is 1. The van der Waals surface area contributed by atoms with Crippen LogP contribution in [-0.2, 0) is 9.63 Å². The van der Waals surface area contributed by atoms with Gasteiger partial charge in [-0.25, -0.2) is 0 Å². The molecule has 1 amide bonds. The van der Waals surface area contributed by atoms with Gasteiger partial charge >= 0.3 is 0 Å². The number of fused-ring (bicyclic) bond motifs is 1. The highest BCUT2D eigenvalue weighted by molar-refractivity contribution is 9.10. The van der Waals surface area contributed by atoms with Crippen molar-refractivity contribution in [2.75, 3.05) is 21.0 Å². The number of benzene rings is 1. The molecule has 0 bridgehead atoms. The van der Waals surface area contributed by atoms with Gasteiger partial charge in [-0.3, -0.25) is 4.79 Å². The second-order valence-corrected chi connectivity index (χ2v) is 5.81. The maximum atomic E-state index is 11.4. The minimum absolute atomic E-state index is 0.0705. The minimum Gasteiger partial charge on any atom is -0.492 e. The van der Waals surface area contributed by atoms with Crippen molar-refractivity contribution in [1.29, 1.82) is 0 Å². The zero-order chi connectivity index (χ0) is 16.7. The van der Waals surface area contributed by atoms with Gasteiger partial charge in [0, 0.05) is 0 Å². The van der Waals surface area contributed by atoms with E-state index in [9.17, 15) is 4.79 Å². The van der Waals surface area contributed by atoms with Crippen LogP contribution in [0.1, 0.15) is 18.6 Å². The molecule has 2 atom stereocenters. The summed E-state index contributed by atoms with van der Waals surface area (Å²) >= 11 is 3.49. The summed E-state index contributed by atoms with van der Waals surface area (Å²) in [6.45, 7) is 1.87. The Morgan fingerprint density at radius 2 is 1.91 bits per heavy atom. The number of rotatable bonds is 4. The summed E-state index contributed by atoms with van der Waals surface area (Å²) in [5.74, 6) is 0.760. The summed E-state index contributed by atoms with van der Waals surface area (Å²) in [7, 11) is 3.01. The summed E-state index contributed by atoms with van der Waals surface area (Å²) < 4.78 is 22.4. The highest BCUT2D eigenvalue weighted by Crippen LogP contribution is 2.57. The first-order valence-electron chi connectivity index (χ1n) is 6.77. The first kappa shape index (κ1) is 15.7. The van der Waals surface area contributed by atoms with Crippen molar-refractivity contribution in [3.05, 3.63) is 10.0 Å². The number of hydrogen-bond acceptors (Lipinski definition) is 7. The molecule has 124 valence electrons. The van der Waals surface area contributed by atoms with E-state index in [0.29, 0.717) is 33.0 Å². The van der Waals surface area contributed by atoms with Crippen LogP contribution in [0.3, 0.4) is 0 Å². The minimum atomic E-state index is -0.622. The van der Waals surface area contributed by atoms with Gasteiger partial charge in [0.15, 0.2) is 23.3 Å². The predicted molar refractivity (Wildman–Crippen MR) is 83.0 cm³/mol. The molecule has 0 spiro atoms. The van der Waals surface area contributed by atoms with Gasteiger partial charge in [-0.15, -0.1) is 0 Å². The number of nitrogens with two attached hydrogens (primary N) is 1. The number of hydrogen-bond donors (Lipinski definition) is 1. The van der Waals surface area contributed by atoms with E-state index in [0.717, 1.165) is 0 Å². The Morgan fingerprint density at radius 3 is 2.48 bits per heavy atom. The van der Waals surface area contributed by atoms with Crippen molar-refractivity contribution in [3.63, 3.8) is 0 Å². The molecule has 2 heterocycles. The molecule has 8 nitrogen and oxygen atoms in total. The van der Waals surface area contributed by atoms with Gasteiger partial charge in [0.05, 0.1) is 30.2 Å². The fourth-order valence-electron chi connectivity index (χ4n) is 2.70. The van der Waals surface area contributed by atoms with Gasteiger partial charge in [0.2, 0.25) is 18.3 Å². The van der Waals surface area contributed by atoms with Crippen LogP contribution in [0.15, 0.2) is 9.63 Å². The summed E-state index contributed by atoms with van der Waals surface area (Å²) in [6.07, 6.45) is -0.578. The molecule has 2 N–H and O–H groups in total. The van der Waals surface area contributed by atoms with Gasteiger partial charge < -0.3 is 29.5 Å². The van der Waals surface area contributed by atoms with E-state index in [4.69, 9.17) is 29.5 Å². The number of nitrogens with zero attached hydrogens (tertiary/aromatic N) is 1. The Labute approximate surface area is 140 Å². The van der Waals surface area contributed by atoms with Crippen LogP contribution in [0.25, 0.3) is 0 Å². The molecule has 2 aliphatic heterocycles. The second-order valence-electron chi connectivity index (χ2n) is 5.01. The Bertz CT molecular complexity index is 705. The van der Waals surface area contributed by atoms with Gasteiger partial charge in [-0.1, -0.05) is 12.1 Å². The third kappa shape index (κ3) is 2.26. The lowest BCUT2D eigenvalue weighted by molar-refractivity contribution is -0.112. The van der Waals surface area contributed by atoms with E-state index in [-0.39, 0.29) is 18.4 Å². The standard InChI is InChI=1S/C14H15BrN2O6/c1-5-8(14(16)18)17-23-9(5)6-7(15)11-13(22-4-21-11)12(20-3)10(6)19-2/h5,9H,4H2,1-3H3,(H2,16,18)/t5-,9+/m0/s1. The van der Waals surface area contributed by atoms with E-state index in [1.165, 1.54) is 14.2 Å². The molecule has 9 heteroatoms. The molecular weight excluding hydrogens is 372 g/mol. The normalized spacial score (nSPS) is 21.7. The number of oxime groups is 1. The maximum absolute atomic E-state index is 11.4. The van der Waals surface area contributed by atoms with Crippen LogP contribution in [0.2, 0.25) is 0 Å². The van der Waals surface area contributed by atoms with Crippen molar-refractivity contribution in [3.8, 4) is 23.0 Å². The van der Waals surface area contributed by atoms with Crippen molar-refractivity contribution in [2.24, 2.45) is 16.8 Å². The molecule has 0 aliphatic carbocycles. The second kappa shape index (κ2) is 5.80. The van der Waals surface area contributed by atoms with Gasteiger partial charge in [-0.05, 0) is 15.9 Å². The van der Waals surface area contributed by atoms with E-state index in [1.807, 2.05) is 0 Å². The van der Waals surface area contributed by atoms with Crippen molar-refractivity contribution < 1.29 is 28.6 Å².